The first-order chi connectivity index (χ1) is 6.75. The van der Waals surface area contributed by atoms with Crippen LogP contribution in [0, 0.1) is 5.92 Å². The summed E-state index contributed by atoms with van der Waals surface area (Å²) in [6, 6.07) is 0.775. The van der Waals surface area contributed by atoms with Gasteiger partial charge in [-0.1, -0.05) is 25.1 Å². The number of thiocarbonyl (C=S) groups is 1. The van der Waals surface area contributed by atoms with E-state index in [1.54, 1.807) is 0 Å². The topological polar surface area (TPSA) is 29.3 Å². The van der Waals surface area contributed by atoms with Crippen molar-refractivity contribution in [3.8, 4) is 0 Å². The second-order valence-electron chi connectivity index (χ2n) is 4.78. The summed E-state index contributed by atoms with van der Waals surface area (Å²) >= 11 is 5.02. The minimum absolute atomic E-state index is 0.664. The molecule has 2 rings (SSSR count). The second kappa shape index (κ2) is 4.58. The summed E-state index contributed by atoms with van der Waals surface area (Å²) in [6.07, 6.45) is 8.33. The Morgan fingerprint density at radius 3 is 2.36 bits per heavy atom. The van der Waals surface area contributed by atoms with Gasteiger partial charge in [0.2, 0.25) is 0 Å². The van der Waals surface area contributed by atoms with Crippen LogP contribution in [-0.4, -0.2) is 29.0 Å². The van der Waals surface area contributed by atoms with E-state index in [-0.39, 0.29) is 0 Å². The van der Waals surface area contributed by atoms with Crippen molar-refractivity contribution >= 4 is 17.2 Å². The van der Waals surface area contributed by atoms with Crippen LogP contribution in [0.5, 0.6) is 0 Å². The standard InChI is InChI=1S/C11H20N2S/c12-11(14)8-13(7-9-5-6-9)10-3-1-2-4-10/h9-10H,1-8H2,(H2,12,14). The summed E-state index contributed by atoms with van der Waals surface area (Å²) in [4.78, 5) is 3.20. The Morgan fingerprint density at radius 2 is 1.86 bits per heavy atom. The van der Waals surface area contributed by atoms with Crippen molar-refractivity contribution in [3.05, 3.63) is 0 Å². The van der Waals surface area contributed by atoms with E-state index in [1.165, 1.54) is 45.1 Å². The van der Waals surface area contributed by atoms with Gasteiger partial charge in [0.05, 0.1) is 4.99 Å². The Kier molecular flexibility index (Phi) is 3.39. The third kappa shape index (κ3) is 2.92. The fourth-order valence-electron chi connectivity index (χ4n) is 2.44. The maximum absolute atomic E-state index is 5.65. The molecule has 0 radical (unpaired) electrons. The number of nitrogens with zero attached hydrogens (tertiary/aromatic N) is 1. The molecule has 0 spiro atoms. The van der Waals surface area contributed by atoms with Crippen LogP contribution in [0.2, 0.25) is 0 Å². The van der Waals surface area contributed by atoms with Crippen molar-refractivity contribution in [2.45, 2.75) is 44.6 Å². The SMILES string of the molecule is NC(=S)CN(CC1CC1)C1CCCC1. The molecule has 2 aliphatic carbocycles. The van der Waals surface area contributed by atoms with Gasteiger partial charge in [-0.25, -0.2) is 0 Å². The van der Waals surface area contributed by atoms with Gasteiger partial charge in [-0.15, -0.1) is 0 Å². The lowest BCUT2D eigenvalue weighted by Crippen LogP contribution is -2.40. The van der Waals surface area contributed by atoms with Crippen LogP contribution in [0.3, 0.4) is 0 Å². The highest BCUT2D eigenvalue weighted by Crippen LogP contribution is 2.32. The molecule has 0 aliphatic heterocycles. The Bertz CT molecular complexity index is 207. The van der Waals surface area contributed by atoms with E-state index in [0.29, 0.717) is 4.99 Å². The van der Waals surface area contributed by atoms with Crippen LogP contribution < -0.4 is 5.73 Å². The molecule has 0 saturated heterocycles. The van der Waals surface area contributed by atoms with Crippen molar-refractivity contribution in [3.63, 3.8) is 0 Å². The van der Waals surface area contributed by atoms with Crippen LogP contribution in [0.15, 0.2) is 0 Å². The Morgan fingerprint density at radius 1 is 1.21 bits per heavy atom. The van der Waals surface area contributed by atoms with Gasteiger partial charge in [0.1, 0.15) is 0 Å². The zero-order chi connectivity index (χ0) is 9.97. The van der Waals surface area contributed by atoms with Crippen molar-refractivity contribution in [1.29, 1.82) is 0 Å². The van der Waals surface area contributed by atoms with Gasteiger partial charge >= 0.3 is 0 Å². The number of nitrogens with two attached hydrogens (primary N) is 1. The first kappa shape index (κ1) is 10.4. The lowest BCUT2D eigenvalue weighted by atomic mass is 10.2. The van der Waals surface area contributed by atoms with Crippen molar-refractivity contribution in [2.75, 3.05) is 13.1 Å². The fourth-order valence-corrected chi connectivity index (χ4v) is 2.61. The van der Waals surface area contributed by atoms with Crippen LogP contribution in [0.25, 0.3) is 0 Å². The summed E-state index contributed by atoms with van der Waals surface area (Å²) < 4.78 is 0. The molecule has 0 heterocycles. The average Bonchev–Trinajstić information content (AvgIpc) is 2.79. The molecule has 0 atom stereocenters. The van der Waals surface area contributed by atoms with Crippen LogP contribution >= 0.6 is 12.2 Å². The van der Waals surface area contributed by atoms with Crippen LogP contribution in [-0.2, 0) is 0 Å². The van der Waals surface area contributed by atoms with Gasteiger partial charge in [0, 0.05) is 19.1 Å². The molecular weight excluding hydrogens is 192 g/mol. The first-order valence-corrected chi connectivity index (χ1v) is 6.19. The summed E-state index contributed by atoms with van der Waals surface area (Å²) in [5.41, 5.74) is 5.65. The van der Waals surface area contributed by atoms with Gasteiger partial charge in [0.25, 0.3) is 0 Å². The summed E-state index contributed by atoms with van der Waals surface area (Å²) in [7, 11) is 0. The molecular formula is C11H20N2S. The van der Waals surface area contributed by atoms with Gasteiger partial charge in [-0.3, -0.25) is 4.90 Å². The molecule has 2 N–H and O–H groups in total. The molecule has 2 fully saturated rings. The smallest absolute Gasteiger partial charge is 0.0870 e. The second-order valence-corrected chi connectivity index (χ2v) is 5.30. The van der Waals surface area contributed by atoms with Crippen LogP contribution in [0.1, 0.15) is 38.5 Å². The first-order valence-electron chi connectivity index (χ1n) is 5.78. The third-order valence-electron chi connectivity index (χ3n) is 3.39. The van der Waals surface area contributed by atoms with E-state index in [1.807, 2.05) is 0 Å². The molecule has 0 bridgehead atoms. The molecule has 0 unspecified atom stereocenters. The van der Waals surface area contributed by atoms with Crippen molar-refractivity contribution < 1.29 is 0 Å². The average molecular weight is 212 g/mol. The molecule has 0 aromatic carbocycles. The Hall–Kier alpha value is -0.150. The van der Waals surface area contributed by atoms with E-state index in [4.69, 9.17) is 18.0 Å². The number of rotatable bonds is 5. The minimum Gasteiger partial charge on any atom is -0.392 e. The zero-order valence-electron chi connectivity index (χ0n) is 8.74. The normalized spacial score (nSPS) is 23.2. The predicted octanol–water partition coefficient (Wildman–Crippen LogP) is 1.93. The van der Waals surface area contributed by atoms with E-state index in [0.717, 1.165) is 18.5 Å². The molecule has 2 aliphatic rings. The maximum Gasteiger partial charge on any atom is 0.0870 e. The monoisotopic (exact) mass is 212 g/mol. The Labute approximate surface area is 91.8 Å². The molecule has 2 nitrogen and oxygen atoms in total. The Balaban J connectivity index is 1.85. The number of hydrogen-bond donors (Lipinski definition) is 1. The maximum atomic E-state index is 5.65. The van der Waals surface area contributed by atoms with Crippen LogP contribution in [0.4, 0.5) is 0 Å². The van der Waals surface area contributed by atoms with Gasteiger partial charge in [0.15, 0.2) is 0 Å². The third-order valence-corrected chi connectivity index (χ3v) is 3.52. The summed E-state index contributed by atoms with van der Waals surface area (Å²) in [5.74, 6) is 0.949. The molecule has 3 heteroatoms. The highest BCUT2D eigenvalue weighted by Gasteiger charge is 2.29. The summed E-state index contributed by atoms with van der Waals surface area (Å²) in [6.45, 7) is 2.08. The molecule has 80 valence electrons. The van der Waals surface area contributed by atoms with Gasteiger partial charge in [-0.05, 0) is 31.6 Å². The predicted molar refractivity (Wildman–Crippen MR) is 63.3 cm³/mol. The molecule has 0 aromatic heterocycles. The van der Waals surface area contributed by atoms with Crippen molar-refractivity contribution in [2.24, 2.45) is 11.7 Å². The quantitative estimate of drug-likeness (QED) is 0.706. The van der Waals surface area contributed by atoms with E-state index in [9.17, 15) is 0 Å². The molecule has 2 saturated carbocycles. The van der Waals surface area contributed by atoms with Gasteiger partial charge in [-0.2, -0.15) is 0 Å². The van der Waals surface area contributed by atoms with Crippen molar-refractivity contribution in [1.82, 2.24) is 4.90 Å². The fraction of sp³-hybridized carbons (Fsp3) is 0.909. The summed E-state index contributed by atoms with van der Waals surface area (Å²) in [5, 5.41) is 0. The molecule has 0 aromatic rings. The minimum atomic E-state index is 0.664. The number of hydrogen-bond acceptors (Lipinski definition) is 2. The lowest BCUT2D eigenvalue weighted by molar-refractivity contribution is 0.218. The van der Waals surface area contributed by atoms with Gasteiger partial charge < -0.3 is 5.73 Å². The zero-order valence-corrected chi connectivity index (χ0v) is 9.56. The largest absolute Gasteiger partial charge is 0.392 e. The van der Waals surface area contributed by atoms with E-state index >= 15 is 0 Å². The van der Waals surface area contributed by atoms with E-state index < -0.39 is 0 Å². The highest BCUT2D eigenvalue weighted by atomic mass is 32.1. The molecule has 14 heavy (non-hydrogen) atoms. The highest BCUT2D eigenvalue weighted by molar-refractivity contribution is 7.80. The van der Waals surface area contributed by atoms with E-state index in [2.05, 4.69) is 4.90 Å². The molecule has 0 amide bonds. The lowest BCUT2D eigenvalue weighted by Gasteiger charge is -2.28.